The van der Waals surface area contributed by atoms with Crippen LogP contribution in [0.1, 0.15) is 46.5 Å². The van der Waals surface area contributed by atoms with E-state index in [1.807, 2.05) is 6.92 Å². The summed E-state index contributed by atoms with van der Waals surface area (Å²) in [7, 11) is 0. The molecule has 0 saturated carbocycles. The molecule has 1 unspecified atom stereocenters. The number of ether oxygens (including phenoxy) is 1. The Hall–Kier alpha value is -0.0800. The summed E-state index contributed by atoms with van der Waals surface area (Å²) < 4.78 is 5.42. The molecule has 13 heavy (non-hydrogen) atoms. The van der Waals surface area contributed by atoms with Gasteiger partial charge in [0.1, 0.15) is 0 Å². The Morgan fingerprint density at radius 1 is 1.23 bits per heavy atom. The quantitative estimate of drug-likeness (QED) is 0.634. The van der Waals surface area contributed by atoms with Crippen LogP contribution in [0, 0.1) is 5.41 Å². The van der Waals surface area contributed by atoms with Gasteiger partial charge in [-0.25, -0.2) is 0 Å². The van der Waals surface area contributed by atoms with Gasteiger partial charge in [0.05, 0.1) is 13.2 Å². The average Bonchev–Trinajstić information content (AvgIpc) is 2.20. The van der Waals surface area contributed by atoms with Crippen molar-refractivity contribution in [3.05, 3.63) is 0 Å². The molecule has 0 aliphatic rings. The number of rotatable bonds is 8. The van der Waals surface area contributed by atoms with Gasteiger partial charge < -0.3 is 9.84 Å². The largest absolute Gasteiger partial charge is 0.396 e. The molecule has 0 fully saturated rings. The molecular formula is C11H24O2. The van der Waals surface area contributed by atoms with E-state index >= 15 is 0 Å². The normalized spacial score (nSPS) is 15.7. The lowest BCUT2D eigenvalue weighted by Crippen LogP contribution is -2.30. The van der Waals surface area contributed by atoms with E-state index in [1.54, 1.807) is 0 Å². The van der Waals surface area contributed by atoms with Gasteiger partial charge in [0, 0.05) is 12.0 Å². The Labute approximate surface area is 82.3 Å². The SMILES string of the molecule is CCCCC(CC)(CO)COCC. The van der Waals surface area contributed by atoms with E-state index < -0.39 is 0 Å². The fourth-order valence-electron chi connectivity index (χ4n) is 1.46. The Kier molecular flexibility index (Phi) is 7.29. The van der Waals surface area contributed by atoms with E-state index in [2.05, 4.69) is 13.8 Å². The third kappa shape index (κ3) is 4.63. The minimum atomic E-state index is 0.0199. The predicted octanol–water partition coefficient (Wildman–Crippen LogP) is 2.60. The molecule has 0 spiro atoms. The first-order chi connectivity index (χ1) is 6.24. The molecule has 0 radical (unpaired) electrons. The predicted molar refractivity (Wildman–Crippen MR) is 55.8 cm³/mol. The van der Waals surface area contributed by atoms with Gasteiger partial charge in [-0.3, -0.25) is 0 Å². The highest BCUT2D eigenvalue weighted by Gasteiger charge is 2.26. The molecule has 0 rings (SSSR count). The van der Waals surface area contributed by atoms with Gasteiger partial charge in [-0.2, -0.15) is 0 Å². The van der Waals surface area contributed by atoms with Crippen molar-refractivity contribution in [3.8, 4) is 0 Å². The third-order valence-corrected chi connectivity index (χ3v) is 2.76. The van der Waals surface area contributed by atoms with E-state index in [9.17, 15) is 5.11 Å². The third-order valence-electron chi connectivity index (χ3n) is 2.76. The molecule has 0 amide bonds. The second-order valence-corrected chi connectivity index (χ2v) is 3.75. The van der Waals surface area contributed by atoms with Crippen LogP contribution in [-0.4, -0.2) is 24.9 Å². The zero-order valence-corrected chi connectivity index (χ0v) is 9.31. The second kappa shape index (κ2) is 7.34. The van der Waals surface area contributed by atoms with Crippen LogP contribution in [0.5, 0.6) is 0 Å². The van der Waals surface area contributed by atoms with E-state index in [4.69, 9.17) is 4.74 Å². The zero-order valence-electron chi connectivity index (χ0n) is 9.31. The van der Waals surface area contributed by atoms with E-state index in [0.717, 1.165) is 19.4 Å². The zero-order chi connectivity index (χ0) is 10.2. The molecule has 2 nitrogen and oxygen atoms in total. The molecule has 0 saturated heterocycles. The Bertz CT molecular complexity index is 98.7. The topological polar surface area (TPSA) is 29.5 Å². The number of unbranched alkanes of at least 4 members (excludes halogenated alkanes) is 1. The fourth-order valence-corrected chi connectivity index (χ4v) is 1.46. The Morgan fingerprint density at radius 3 is 2.31 bits per heavy atom. The second-order valence-electron chi connectivity index (χ2n) is 3.75. The molecule has 1 atom stereocenters. The lowest BCUT2D eigenvalue weighted by atomic mass is 9.82. The van der Waals surface area contributed by atoms with Gasteiger partial charge in [0.15, 0.2) is 0 Å². The first-order valence-electron chi connectivity index (χ1n) is 5.43. The van der Waals surface area contributed by atoms with Crippen molar-refractivity contribution in [2.24, 2.45) is 5.41 Å². The first-order valence-corrected chi connectivity index (χ1v) is 5.43. The smallest absolute Gasteiger partial charge is 0.0544 e. The van der Waals surface area contributed by atoms with Crippen molar-refractivity contribution < 1.29 is 9.84 Å². The van der Waals surface area contributed by atoms with Gasteiger partial charge in [0.2, 0.25) is 0 Å². The molecular weight excluding hydrogens is 164 g/mol. The number of hydrogen-bond acceptors (Lipinski definition) is 2. The van der Waals surface area contributed by atoms with E-state index in [-0.39, 0.29) is 12.0 Å². The van der Waals surface area contributed by atoms with Crippen molar-refractivity contribution in [2.45, 2.75) is 46.5 Å². The van der Waals surface area contributed by atoms with Crippen molar-refractivity contribution in [2.75, 3.05) is 19.8 Å². The van der Waals surface area contributed by atoms with Gasteiger partial charge in [-0.15, -0.1) is 0 Å². The lowest BCUT2D eigenvalue weighted by molar-refractivity contribution is 0.00152. The Balaban J connectivity index is 3.97. The average molecular weight is 188 g/mol. The molecule has 2 heteroatoms. The summed E-state index contributed by atoms with van der Waals surface area (Å²) in [6.45, 7) is 8.01. The van der Waals surface area contributed by atoms with Crippen molar-refractivity contribution in [1.82, 2.24) is 0 Å². The van der Waals surface area contributed by atoms with Gasteiger partial charge >= 0.3 is 0 Å². The summed E-state index contributed by atoms with van der Waals surface area (Å²) in [5.74, 6) is 0. The van der Waals surface area contributed by atoms with Crippen molar-refractivity contribution >= 4 is 0 Å². The number of aliphatic hydroxyl groups is 1. The van der Waals surface area contributed by atoms with Crippen LogP contribution in [0.25, 0.3) is 0 Å². The maximum Gasteiger partial charge on any atom is 0.0544 e. The van der Waals surface area contributed by atoms with Crippen LogP contribution in [0.15, 0.2) is 0 Å². The highest BCUT2D eigenvalue weighted by atomic mass is 16.5. The van der Waals surface area contributed by atoms with E-state index in [0.29, 0.717) is 6.61 Å². The lowest BCUT2D eigenvalue weighted by Gasteiger charge is -2.30. The molecule has 80 valence electrons. The summed E-state index contributed by atoms with van der Waals surface area (Å²) >= 11 is 0. The number of aliphatic hydroxyl groups excluding tert-OH is 1. The molecule has 0 aromatic rings. The molecule has 1 N–H and O–H groups in total. The summed E-state index contributed by atoms with van der Waals surface area (Å²) in [5, 5.41) is 9.35. The molecule has 0 bridgehead atoms. The van der Waals surface area contributed by atoms with Gasteiger partial charge in [0.25, 0.3) is 0 Å². The van der Waals surface area contributed by atoms with Crippen LogP contribution in [-0.2, 0) is 4.74 Å². The molecule has 0 heterocycles. The maximum absolute atomic E-state index is 9.35. The van der Waals surface area contributed by atoms with Crippen LogP contribution < -0.4 is 0 Å². The van der Waals surface area contributed by atoms with Crippen LogP contribution >= 0.6 is 0 Å². The summed E-state index contributed by atoms with van der Waals surface area (Å²) in [6.07, 6.45) is 4.45. The van der Waals surface area contributed by atoms with Gasteiger partial charge in [-0.05, 0) is 19.8 Å². The van der Waals surface area contributed by atoms with Crippen LogP contribution in [0.2, 0.25) is 0 Å². The standard InChI is InChI=1S/C11H24O2/c1-4-7-8-11(5-2,9-12)10-13-6-3/h12H,4-10H2,1-3H3. The van der Waals surface area contributed by atoms with E-state index in [1.165, 1.54) is 12.8 Å². The molecule has 0 aromatic heterocycles. The van der Waals surface area contributed by atoms with Crippen LogP contribution in [0.4, 0.5) is 0 Å². The van der Waals surface area contributed by atoms with Crippen molar-refractivity contribution in [1.29, 1.82) is 0 Å². The Morgan fingerprint density at radius 2 is 1.92 bits per heavy atom. The summed E-state index contributed by atoms with van der Waals surface area (Å²) in [4.78, 5) is 0. The summed E-state index contributed by atoms with van der Waals surface area (Å²) in [5.41, 5.74) is 0.0199. The minimum Gasteiger partial charge on any atom is -0.396 e. The maximum atomic E-state index is 9.35. The first kappa shape index (κ1) is 12.9. The van der Waals surface area contributed by atoms with Crippen LogP contribution in [0.3, 0.4) is 0 Å². The van der Waals surface area contributed by atoms with Gasteiger partial charge in [-0.1, -0.05) is 26.7 Å². The molecule has 0 aliphatic carbocycles. The van der Waals surface area contributed by atoms with Crippen molar-refractivity contribution in [3.63, 3.8) is 0 Å². The molecule has 0 aliphatic heterocycles. The summed E-state index contributed by atoms with van der Waals surface area (Å²) in [6, 6.07) is 0. The number of hydrogen-bond donors (Lipinski definition) is 1. The monoisotopic (exact) mass is 188 g/mol. The highest BCUT2D eigenvalue weighted by Crippen LogP contribution is 2.28. The minimum absolute atomic E-state index is 0.0199. The fraction of sp³-hybridized carbons (Fsp3) is 1.00. The molecule has 0 aromatic carbocycles. The highest BCUT2D eigenvalue weighted by molar-refractivity contribution is 4.76.